The fraction of sp³-hybridized carbons (Fsp3) is 0.364. The Morgan fingerprint density at radius 1 is 0.893 bits per heavy atom. The third-order valence-electron chi connectivity index (χ3n) is 5.35. The van der Waals surface area contributed by atoms with E-state index in [4.69, 9.17) is 14.2 Å². The number of thiophene rings is 1. The van der Waals surface area contributed by atoms with Gasteiger partial charge in [0.25, 0.3) is 0 Å². The number of rotatable bonds is 6. The van der Waals surface area contributed by atoms with Gasteiger partial charge in [-0.05, 0) is 28.5 Å². The summed E-state index contributed by atoms with van der Waals surface area (Å²) < 4.78 is 18.2. The van der Waals surface area contributed by atoms with Gasteiger partial charge in [-0.25, -0.2) is 0 Å². The lowest BCUT2D eigenvalue weighted by Gasteiger charge is -2.36. The largest absolute Gasteiger partial charge is 0.496 e. The van der Waals surface area contributed by atoms with E-state index in [0.29, 0.717) is 5.75 Å². The third kappa shape index (κ3) is 3.43. The van der Waals surface area contributed by atoms with Crippen LogP contribution in [-0.4, -0.2) is 52.4 Å². The van der Waals surface area contributed by atoms with E-state index in [-0.39, 0.29) is 6.04 Å². The molecule has 1 unspecified atom stereocenters. The van der Waals surface area contributed by atoms with Gasteiger partial charge in [0.1, 0.15) is 5.75 Å². The molecule has 5 nitrogen and oxygen atoms in total. The van der Waals surface area contributed by atoms with Gasteiger partial charge in [0.05, 0.1) is 27.4 Å². The summed E-state index contributed by atoms with van der Waals surface area (Å²) >= 11 is 1.79. The Morgan fingerprint density at radius 3 is 2.29 bits per heavy atom. The van der Waals surface area contributed by atoms with Crippen molar-refractivity contribution in [2.45, 2.75) is 6.04 Å². The van der Waals surface area contributed by atoms with Gasteiger partial charge in [-0.1, -0.05) is 18.2 Å². The first kappa shape index (κ1) is 19.1. The number of ether oxygens (including phenoxy) is 3. The highest BCUT2D eigenvalue weighted by Crippen LogP contribution is 2.44. The number of benzene rings is 2. The van der Waals surface area contributed by atoms with Crippen molar-refractivity contribution in [2.24, 2.45) is 0 Å². The molecule has 148 valence electrons. The molecule has 1 N–H and O–H groups in total. The number of methoxy groups -OCH3 is 3. The molecule has 0 amide bonds. The second-order valence-electron chi connectivity index (χ2n) is 6.82. The van der Waals surface area contributed by atoms with E-state index in [1.807, 2.05) is 6.07 Å². The summed E-state index contributed by atoms with van der Waals surface area (Å²) in [5, 5.41) is 7.04. The van der Waals surface area contributed by atoms with E-state index in [0.717, 1.165) is 43.2 Å². The van der Waals surface area contributed by atoms with Crippen LogP contribution in [0.3, 0.4) is 0 Å². The Bertz CT molecular complexity index is 950. The number of nitrogens with one attached hydrogen (secondary N) is 1. The molecule has 1 fully saturated rings. The van der Waals surface area contributed by atoms with Gasteiger partial charge in [-0.15, -0.1) is 11.3 Å². The van der Waals surface area contributed by atoms with Crippen molar-refractivity contribution in [1.82, 2.24) is 10.2 Å². The number of piperazine rings is 1. The minimum absolute atomic E-state index is 0.0907. The standard InChI is InChI=1S/C22H26N2O3S/c1-25-18-13-20(27-3)19(26-2)12-16(18)22(24-10-8-23-9-11-24)17-14-28-21-7-5-4-6-15(17)21/h4-7,12-14,22-23H,8-11H2,1-3H3. The highest BCUT2D eigenvalue weighted by atomic mass is 32.1. The van der Waals surface area contributed by atoms with Crippen LogP contribution in [-0.2, 0) is 0 Å². The van der Waals surface area contributed by atoms with Crippen molar-refractivity contribution in [2.75, 3.05) is 47.5 Å². The molecule has 3 aromatic rings. The van der Waals surface area contributed by atoms with Crippen molar-refractivity contribution in [1.29, 1.82) is 0 Å². The number of fused-ring (bicyclic) bond motifs is 1. The summed E-state index contributed by atoms with van der Waals surface area (Å²) in [6.07, 6.45) is 0. The molecule has 1 aliphatic heterocycles. The first-order valence-electron chi connectivity index (χ1n) is 9.47. The molecular formula is C22H26N2O3S. The summed E-state index contributed by atoms with van der Waals surface area (Å²) in [5.41, 5.74) is 2.42. The lowest BCUT2D eigenvalue weighted by molar-refractivity contribution is 0.196. The van der Waals surface area contributed by atoms with Crippen LogP contribution < -0.4 is 19.5 Å². The highest BCUT2D eigenvalue weighted by Gasteiger charge is 2.30. The Morgan fingerprint density at radius 2 is 1.57 bits per heavy atom. The summed E-state index contributed by atoms with van der Waals surface area (Å²) in [5.74, 6) is 2.21. The molecule has 4 rings (SSSR count). The molecule has 6 heteroatoms. The van der Waals surface area contributed by atoms with Crippen molar-refractivity contribution >= 4 is 21.4 Å². The zero-order valence-corrected chi connectivity index (χ0v) is 17.3. The second kappa shape index (κ2) is 8.39. The monoisotopic (exact) mass is 398 g/mol. The van der Waals surface area contributed by atoms with E-state index in [1.165, 1.54) is 15.6 Å². The van der Waals surface area contributed by atoms with Gasteiger partial charge >= 0.3 is 0 Å². The molecule has 0 aliphatic carbocycles. The van der Waals surface area contributed by atoms with E-state index in [9.17, 15) is 0 Å². The van der Waals surface area contributed by atoms with Crippen LogP contribution >= 0.6 is 11.3 Å². The Hall–Kier alpha value is -2.28. The van der Waals surface area contributed by atoms with Crippen molar-refractivity contribution in [3.63, 3.8) is 0 Å². The molecule has 0 radical (unpaired) electrons. The van der Waals surface area contributed by atoms with Crippen LogP contribution in [0.2, 0.25) is 0 Å². The molecule has 1 aromatic heterocycles. The summed E-state index contributed by atoms with van der Waals surface area (Å²) in [4.78, 5) is 2.52. The van der Waals surface area contributed by atoms with Crippen molar-refractivity contribution in [3.05, 3.63) is 52.9 Å². The number of nitrogens with zero attached hydrogens (tertiary/aromatic N) is 1. The molecule has 0 bridgehead atoms. The highest BCUT2D eigenvalue weighted by molar-refractivity contribution is 7.17. The molecule has 1 atom stereocenters. The fourth-order valence-corrected chi connectivity index (χ4v) is 4.96. The van der Waals surface area contributed by atoms with E-state index >= 15 is 0 Å². The van der Waals surface area contributed by atoms with E-state index in [2.05, 4.69) is 45.9 Å². The van der Waals surface area contributed by atoms with Gasteiger partial charge in [-0.2, -0.15) is 0 Å². The normalized spacial score (nSPS) is 16.1. The molecule has 2 aromatic carbocycles. The van der Waals surface area contributed by atoms with Gasteiger partial charge in [-0.3, -0.25) is 4.90 Å². The van der Waals surface area contributed by atoms with Crippen LogP contribution in [0, 0.1) is 0 Å². The predicted octanol–water partition coefficient (Wildman–Crippen LogP) is 3.92. The smallest absolute Gasteiger partial charge is 0.164 e. The minimum atomic E-state index is 0.0907. The van der Waals surface area contributed by atoms with Gasteiger partial charge in [0.15, 0.2) is 11.5 Å². The fourth-order valence-electron chi connectivity index (χ4n) is 3.98. The lowest BCUT2D eigenvalue weighted by Crippen LogP contribution is -2.45. The maximum Gasteiger partial charge on any atom is 0.164 e. The first-order valence-corrected chi connectivity index (χ1v) is 10.4. The maximum absolute atomic E-state index is 5.79. The van der Waals surface area contributed by atoms with Crippen molar-refractivity contribution < 1.29 is 14.2 Å². The topological polar surface area (TPSA) is 43.0 Å². The van der Waals surface area contributed by atoms with Crippen LogP contribution in [0.25, 0.3) is 10.1 Å². The summed E-state index contributed by atoms with van der Waals surface area (Å²) in [7, 11) is 5.04. The third-order valence-corrected chi connectivity index (χ3v) is 6.33. The van der Waals surface area contributed by atoms with Gasteiger partial charge in [0, 0.05) is 42.5 Å². The van der Waals surface area contributed by atoms with Crippen molar-refractivity contribution in [3.8, 4) is 17.2 Å². The van der Waals surface area contributed by atoms with Crippen LogP contribution in [0.15, 0.2) is 41.8 Å². The van der Waals surface area contributed by atoms with Gasteiger partial charge in [0.2, 0.25) is 0 Å². The predicted molar refractivity (Wildman–Crippen MR) is 114 cm³/mol. The van der Waals surface area contributed by atoms with E-state index < -0.39 is 0 Å². The maximum atomic E-state index is 5.79. The lowest BCUT2D eigenvalue weighted by atomic mass is 9.94. The summed E-state index contributed by atoms with van der Waals surface area (Å²) in [6, 6.07) is 12.7. The number of hydrogen-bond acceptors (Lipinski definition) is 6. The van der Waals surface area contributed by atoms with Crippen LogP contribution in [0.1, 0.15) is 17.2 Å². The average Bonchev–Trinajstić information content (AvgIpc) is 3.18. The number of hydrogen-bond donors (Lipinski definition) is 1. The molecule has 1 aliphatic rings. The average molecular weight is 399 g/mol. The quantitative estimate of drug-likeness (QED) is 0.682. The van der Waals surface area contributed by atoms with E-state index in [1.54, 1.807) is 32.7 Å². The Labute approximate surface area is 169 Å². The Kier molecular flexibility index (Phi) is 5.71. The molecule has 28 heavy (non-hydrogen) atoms. The Balaban J connectivity index is 1.91. The molecule has 1 saturated heterocycles. The molecule has 0 saturated carbocycles. The van der Waals surface area contributed by atoms with Gasteiger partial charge < -0.3 is 19.5 Å². The zero-order chi connectivity index (χ0) is 19.5. The molecule has 2 heterocycles. The minimum Gasteiger partial charge on any atom is -0.496 e. The molecule has 0 spiro atoms. The van der Waals surface area contributed by atoms with Crippen LogP contribution in [0.4, 0.5) is 0 Å². The zero-order valence-electron chi connectivity index (χ0n) is 16.5. The molecular weight excluding hydrogens is 372 g/mol. The SMILES string of the molecule is COc1cc(OC)c(C(c2csc3ccccc23)N2CCNCC2)cc1OC. The summed E-state index contributed by atoms with van der Waals surface area (Å²) in [6.45, 7) is 3.92. The van der Waals surface area contributed by atoms with Crippen LogP contribution in [0.5, 0.6) is 17.2 Å². The second-order valence-corrected chi connectivity index (χ2v) is 7.74. The first-order chi connectivity index (χ1) is 13.8.